The van der Waals surface area contributed by atoms with E-state index in [-0.39, 0.29) is 46.8 Å². The zero-order valence-corrected chi connectivity index (χ0v) is 26.9. The first-order valence-corrected chi connectivity index (χ1v) is 15.2. The Morgan fingerprint density at radius 1 is 0.957 bits per heavy atom. The van der Waals surface area contributed by atoms with E-state index in [1.54, 1.807) is 42.2 Å². The van der Waals surface area contributed by atoms with Crippen molar-refractivity contribution in [3.05, 3.63) is 120 Å². The van der Waals surface area contributed by atoms with E-state index in [1.165, 1.54) is 29.8 Å². The summed E-state index contributed by atoms with van der Waals surface area (Å²) < 4.78 is 41.1. The van der Waals surface area contributed by atoms with Crippen molar-refractivity contribution >= 4 is 52.6 Å². The Morgan fingerprint density at radius 2 is 1.63 bits per heavy atom. The highest BCUT2D eigenvalue weighted by atomic mass is 35.5. The summed E-state index contributed by atoms with van der Waals surface area (Å²) in [6, 6.07) is 12.8. The number of nitrogens with zero attached hydrogens (tertiary/aromatic N) is 3. The molecular weight excluding hydrogens is 666 g/mol. The average molecular weight is 693 g/mol. The van der Waals surface area contributed by atoms with Gasteiger partial charge in [-0.25, -0.2) is 9.55 Å². The molecule has 240 valence electrons. The van der Waals surface area contributed by atoms with E-state index in [1.807, 2.05) is 6.92 Å². The molecule has 5 rings (SSSR count). The van der Waals surface area contributed by atoms with Gasteiger partial charge in [0, 0.05) is 34.8 Å². The number of aromatic nitrogens is 2. The maximum atomic E-state index is 14.1. The summed E-state index contributed by atoms with van der Waals surface area (Å²) in [5, 5.41) is 6.09. The summed E-state index contributed by atoms with van der Waals surface area (Å²) in [4.78, 5) is 46.2. The Bertz CT molecular complexity index is 1900. The van der Waals surface area contributed by atoms with Crippen LogP contribution in [0.25, 0.3) is 5.69 Å². The minimum absolute atomic E-state index is 0.00532. The molecule has 1 aliphatic heterocycles. The first kappa shape index (κ1) is 33.3. The van der Waals surface area contributed by atoms with Gasteiger partial charge in [0.1, 0.15) is 0 Å². The SMILES string of the molecule is CNC(=O)c1ccc(-n2c(N[C@@H](C)c3ccc(C(F)(F)F)cc3Cl)nc3c(c2=O)C[C@@H](C)N(C(=O)c2ccc(Cl)c(Cl)c2)C3)cc1. The minimum atomic E-state index is -4.57. The summed E-state index contributed by atoms with van der Waals surface area (Å²) >= 11 is 18.5. The van der Waals surface area contributed by atoms with Gasteiger partial charge in [-0.1, -0.05) is 40.9 Å². The van der Waals surface area contributed by atoms with Crippen molar-refractivity contribution in [3.63, 3.8) is 0 Å². The number of halogens is 6. The molecule has 0 radical (unpaired) electrons. The number of carbonyl (C=O) groups excluding carboxylic acids is 2. The smallest absolute Gasteiger partial charge is 0.355 e. The molecule has 0 saturated heterocycles. The van der Waals surface area contributed by atoms with Gasteiger partial charge in [-0.05, 0) is 80.4 Å². The van der Waals surface area contributed by atoms with Crippen LogP contribution in [0, 0.1) is 0 Å². The monoisotopic (exact) mass is 691 g/mol. The zero-order valence-electron chi connectivity index (χ0n) is 24.7. The van der Waals surface area contributed by atoms with Crippen LogP contribution in [0.2, 0.25) is 15.1 Å². The number of hydrogen-bond acceptors (Lipinski definition) is 5. The average Bonchev–Trinajstić information content (AvgIpc) is 3.01. The quantitative estimate of drug-likeness (QED) is 0.221. The van der Waals surface area contributed by atoms with Crippen LogP contribution in [0.15, 0.2) is 65.5 Å². The molecule has 0 saturated carbocycles. The number of rotatable bonds is 6. The molecule has 8 nitrogen and oxygen atoms in total. The van der Waals surface area contributed by atoms with Gasteiger partial charge in [0.2, 0.25) is 5.95 Å². The maximum absolute atomic E-state index is 14.1. The molecule has 0 spiro atoms. The standard InChI is InChI=1S/C32H27Cl3F3N5O3/c1-16-12-23-27(15-42(16)29(45)19-6-11-24(33)26(35)13-19)41-31(40-17(2)22-10-7-20(14-25(22)34)32(36,37)38)43(30(23)46)21-8-4-18(5-9-21)28(44)39-3/h4-11,13-14,16-17H,12,15H2,1-3H3,(H,39,44)(H,40,41)/t16-,17+/m1/s1. The Labute approximate surface area is 277 Å². The van der Waals surface area contributed by atoms with Gasteiger partial charge in [0.05, 0.1) is 39.6 Å². The lowest BCUT2D eigenvalue weighted by molar-refractivity contribution is -0.137. The molecule has 0 unspecified atom stereocenters. The summed E-state index contributed by atoms with van der Waals surface area (Å²) in [5.74, 6) is -0.574. The fraction of sp³-hybridized carbons (Fsp3) is 0.250. The van der Waals surface area contributed by atoms with E-state index >= 15 is 0 Å². The van der Waals surface area contributed by atoms with E-state index in [2.05, 4.69) is 10.6 Å². The van der Waals surface area contributed by atoms with Crippen LogP contribution in [-0.2, 0) is 19.1 Å². The van der Waals surface area contributed by atoms with Crippen molar-refractivity contribution in [1.82, 2.24) is 19.8 Å². The highest BCUT2D eigenvalue weighted by molar-refractivity contribution is 6.42. The first-order chi connectivity index (χ1) is 21.7. The van der Waals surface area contributed by atoms with Crippen molar-refractivity contribution in [1.29, 1.82) is 0 Å². The Kier molecular flexibility index (Phi) is 9.40. The topological polar surface area (TPSA) is 96.3 Å². The van der Waals surface area contributed by atoms with Crippen LogP contribution in [0.5, 0.6) is 0 Å². The number of carbonyl (C=O) groups is 2. The third kappa shape index (κ3) is 6.58. The third-order valence-electron chi connectivity index (χ3n) is 7.80. The van der Waals surface area contributed by atoms with Crippen LogP contribution in [0.4, 0.5) is 19.1 Å². The van der Waals surface area contributed by atoms with Gasteiger partial charge in [0.25, 0.3) is 17.4 Å². The Balaban J connectivity index is 1.58. The van der Waals surface area contributed by atoms with Crippen molar-refractivity contribution in [2.24, 2.45) is 0 Å². The van der Waals surface area contributed by atoms with Crippen LogP contribution >= 0.6 is 34.8 Å². The van der Waals surface area contributed by atoms with Crippen molar-refractivity contribution in [2.45, 2.75) is 45.1 Å². The molecule has 1 aromatic heterocycles. The van der Waals surface area contributed by atoms with Crippen molar-refractivity contribution in [2.75, 3.05) is 12.4 Å². The lowest BCUT2D eigenvalue weighted by Crippen LogP contribution is -2.46. The Hall–Kier alpha value is -4.06. The molecule has 2 amide bonds. The zero-order chi connectivity index (χ0) is 33.5. The van der Waals surface area contributed by atoms with Crippen LogP contribution in [0.3, 0.4) is 0 Å². The molecule has 2 N–H and O–H groups in total. The fourth-order valence-electron chi connectivity index (χ4n) is 5.29. The lowest BCUT2D eigenvalue weighted by atomic mass is 9.98. The summed E-state index contributed by atoms with van der Waals surface area (Å²) in [7, 11) is 1.50. The van der Waals surface area contributed by atoms with Gasteiger partial charge in [-0.3, -0.25) is 14.4 Å². The van der Waals surface area contributed by atoms with E-state index in [9.17, 15) is 27.6 Å². The largest absolute Gasteiger partial charge is 0.416 e. The number of hydrogen-bond donors (Lipinski definition) is 2. The molecule has 0 fully saturated rings. The van der Waals surface area contributed by atoms with E-state index in [4.69, 9.17) is 39.8 Å². The highest BCUT2D eigenvalue weighted by Gasteiger charge is 2.33. The number of fused-ring (bicyclic) bond motifs is 1. The molecule has 1 aliphatic rings. The second-order valence-corrected chi connectivity index (χ2v) is 12.1. The van der Waals surface area contributed by atoms with Gasteiger partial charge >= 0.3 is 6.18 Å². The molecule has 0 aliphatic carbocycles. The van der Waals surface area contributed by atoms with E-state index < -0.39 is 23.3 Å². The Morgan fingerprint density at radius 3 is 2.24 bits per heavy atom. The summed E-state index contributed by atoms with van der Waals surface area (Å²) in [6.07, 6.45) is -4.37. The molecule has 3 aromatic carbocycles. The first-order valence-electron chi connectivity index (χ1n) is 14.1. The van der Waals surface area contributed by atoms with Crippen LogP contribution in [-0.4, -0.2) is 39.4 Å². The molecule has 4 aromatic rings. The number of amides is 2. The molecule has 0 bridgehead atoms. The number of anilines is 1. The van der Waals surface area contributed by atoms with E-state index in [0.717, 1.165) is 12.1 Å². The minimum Gasteiger partial charge on any atom is -0.355 e. The van der Waals surface area contributed by atoms with Gasteiger partial charge < -0.3 is 15.5 Å². The molecule has 46 heavy (non-hydrogen) atoms. The predicted molar refractivity (Wildman–Crippen MR) is 171 cm³/mol. The van der Waals surface area contributed by atoms with Gasteiger partial charge in [0.15, 0.2) is 0 Å². The predicted octanol–water partition coefficient (Wildman–Crippen LogP) is 7.33. The number of alkyl halides is 3. The van der Waals surface area contributed by atoms with Crippen LogP contribution < -0.4 is 16.2 Å². The maximum Gasteiger partial charge on any atom is 0.416 e. The van der Waals surface area contributed by atoms with Gasteiger partial charge in [-0.2, -0.15) is 13.2 Å². The lowest BCUT2D eigenvalue weighted by Gasteiger charge is -2.35. The molecule has 2 atom stereocenters. The molecular formula is C32H27Cl3F3N5O3. The second-order valence-electron chi connectivity index (χ2n) is 10.8. The van der Waals surface area contributed by atoms with Crippen molar-refractivity contribution < 1.29 is 22.8 Å². The fourth-order valence-corrected chi connectivity index (χ4v) is 5.94. The van der Waals surface area contributed by atoms with Gasteiger partial charge in [-0.15, -0.1) is 0 Å². The number of benzene rings is 3. The highest BCUT2D eigenvalue weighted by Crippen LogP contribution is 2.35. The van der Waals surface area contributed by atoms with E-state index in [0.29, 0.717) is 38.7 Å². The third-order valence-corrected chi connectivity index (χ3v) is 8.86. The molecule has 14 heteroatoms. The second kappa shape index (κ2) is 13.0. The molecule has 2 heterocycles. The normalized spacial score (nSPS) is 15.2. The van der Waals surface area contributed by atoms with Crippen LogP contribution in [0.1, 0.15) is 63.0 Å². The summed E-state index contributed by atoms with van der Waals surface area (Å²) in [6.45, 7) is 3.49. The van der Waals surface area contributed by atoms with Crippen molar-refractivity contribution in [3.8, 4) is 5.69 Å². The number of nitrogens with one attached hydrogen (secondary N) is 2. The summed E-state index contributed by atoms with van der Waals surface area (Å²) in [5.41, 5.74) is 0.868.